The summed E-state index contributed by atoms with van der Waals surface area (Å²) < 4.78 is 30.5. The lowest BCUT2D eigenvalue weighted by Gasteiger charge is -2.20. The van der Waals surface area contributed by atoms with Crippen molar-refractivity contribution in [3.63, 3.8) is 0 Å². The molecule has 0 bridgehead atoms. The van der Waals surface area contributed by atoms with Gasteiger partial charge in [-0.05, 0) is 31.4 Å². The third kappa shape index (κ3) is 3.11. The van der Waals surface area contributed by atoms with Crippen molar-refractivity contribution in [3.05, 3.63) is 18.3 Å². The number of nitrogens with one attached hydrogen (secondary N) is 1. The van der Waals surface area contributed by atoms with Crippen LogP contribution in [0.3, 0.4) is 0 Å². The Morgan fingerprint density at radius 3 is 2.65 bits per heavy atom. The Labute approximate surface area is 120 Å². The van der Waals surface area contributed by atoms with Gasteiger partial charge in [0.25, 0.3) is 0 Å². The molecule has 0 saturated heterocycles. The van der Waals surface area contributed by atoms with Gasteiger partial charge in [0.2, 0.25) is 10.0 Å². The van der Waals surface area contributed by atoms with Crippen LogP contribution in [0.5, 0.6) is 0 Å². The van der Waals surface area contributed by atoms with Crippen LogP contribution in [0.25, 0.3) is 0 Å². The highest BCUT2D eigenvalue weighted by Gasteiger charge is 2.27. The first-order chi connectivity index (χ1) is 9.45. The molecule has 0 spiro atoms. The van der Waals surface area contributed by atoms with Crippen LogP contribution in [0.4, 0.5) is 5.82 Å². The number of hydrogen-bond acceptors (Lipinski definition) is 5. The van der Waals surface area contributed by atoms with Gasteiger partial charge in [0.05, 0.1) is 12.1 Å². The van der Waals surface area contributed by atoms with Gasteiger partial charge in [-0.1, -0.05) is 0 Å². The zero-order valence-corrected chi connectivity index (χ0v) is 12.9. The third-order valence-electron chi connectivity index (χ3n) is 3.60. The highest BCUT2D eigenvalue weighted by atomic mass is 32.2. The monoisotopic (exact) mass is 299 g/mol. The fourth-order valence-corrected chi connectivity index (χ4v) is 3.24. The largest absolute Gasteiger partial charge is 0.379 e. The molecule has 1 aliphatic rings. The normalized spacial score (nSPS) is 23.2. The van der Waals surface area contributed by atoms with Gasteiger partial charge < -0.3 is 10.1 Å². The fourth-order valence-electron chi connectivity index (χ4n) is 2.39. The number of rotatable bonds is 5. The van der Waals surface area contributed by atoms with Gasteiger partial charge in [-0.3, -0.25) is 0 Å². The maximum atomic E-state index is 11.9. The molecule has 2 unspecified atom stereocenters. The number of anilines is 1. The third-order valence-corrected chi connectivity index (χ3v) is 5.40. The van der Waals surface area contributed by atoms with Crippen molar-refractivity contribution in [1.29, 1.82) is 0 Å². The number of ether oxygens (including phenoxy) is 1. The molecule has 1 aliphatic carbocycles. The standard InChI is InChI=1S/C13H21N3O3S/c1-16(2)20(17,18)10-7-8-13(14-9-10)15-11-5-4-6-12(11)19-3/h7-9,11-12H,4-6H2,1-3H3,(H,14,15). The number of sulfonamides is 1. The molecule has 1 N–H and O–H groups in total. The quantitative estimate of drug-likeness (QED) is 0.887. The Morgan fingerprint density at radius 1 is 1.35 bits per heavy atom. The minimum atomic E-state index is -3.42. The molecule has 20 heavy (non-hydrogen) atoms. The molecule has 1 saturated carbocycles. The molecule has 2 atom stereocenters. The fraction of sp³-hybridized carbons (Fsp3) is 0.615. The zero-order chi connectivity index (χ0) is 14.8. The van der Waals surface area contributed by atoms with E-state index in [0.29, 0.717) is 5.82 Å². The summed E-state index contributed by atoms with van der Waals surface area (Å²) in [6.45, 7) is 0. The van der Waals surface area contributed by atoms with Crippen LogP contribution in [0, 0.1) is 0 Å². The first-order valence-electron chi connectivity index (χ1n) is 6.63. The Bertz CT molecular complexity index is 542. The molecule has 2 rings (SSSR count). The van der Waals surface area contributed by atoms with E-state index in [0.717, 1.165) is 19.3 Å². The molecule has 1 aromatic rings. The summed E-state index contributed by atoms with van der Waals surface area (Å²) in [5, 5.41) is 3.31. The van der Waals surface area contributed by atoms with Crippen molar-refractivity contribution in [1.82, 2.24) is 9.29 Å². The zero-order valence-electron chi connectivity index (χ0n) is 12.0. The Hall–Kier alpha value is -1.18. The van der Waals surface area contributed by atoms with Crippen LogP contribution in [0.15, 0.2) is 23.2 Å². The highest BCUT2D eigenvalue weighted by Crippen LogP contribution is 2.24. The molecule has 0 aromatic carbocycles. The second-order valence-electron chi connectivity index (χ2n) is 5.12. The van der Waals surface area contributed by atoms with E-state index in [4.69, 9.17) is 4.74 Å². The maximum absolute atomic E-state index is 11.9. The summed E-state index contributed by atoms with van der Waals surface area (Å²) >= 11 is 0. The number of pyridine rings is 1. The second-order valence-corrected chi connectivity index (χ2v) is 7.27. The van der Waals surface area contributed by atoms with Crippen LogP contribution in [0.2, 0.25) is 0 Å². The van der Waals surface area contributed by atoms with E-state index in [-0.39, 0.29) is 17.0 Å². The topological polar surface area (TPSA) is 71.5 Å². The van der Waals surface area contributed by atoms with E-state index in [9.17, 15) is 8.42 Å². The van der Waals surface area contributed by atoms with E-state index < -0.39 is 10.0 Å². The van der Waals surface area contributed by atoms with Gasteiger partial charge in [-0.25, -0.2) is 17.7 Å². The Morgan fingerprint density at radius 2 is 2.10 bits per heavy atom. The number of hydrogen-bond donors (Lipinski definition) is 1. The lowest BCUT2D eigenvalue weighted by Crippen LogP contribution is -2.30. The Kier molecular flexibility index (Phi) is 4.62. The van der Waals surface area contributed by atoms with E-state index >= 15 is 0 Å². The SMILES string of the molecule is COC1CCCC1Nc1ccc(S(=O)(=O)N(C)C)cn1. The first kappa shape index (κ1) is 15.2. The van der Waals surface area contributed by atoms with Crippen molar-refractivity contribution in [2.45, 2.75) is 36.3 Å². The molecule has 1 heterocycles. The average Bonchev–Trinajstić information content (AvgIpc) is 2.86. The van der Waals surface area contributed by atoms with Crippen LogP contribution < -0.4 is 5.32 Å². The average molecular weight is 299 g/mol. The van der Waals surface area contributed by atoms with Crippen molar-refractivity contribution in [2.24, 2.45) is 0 Å². The van der Waals surface area contributed by atoms with Crippen molar-refractivity contribution in [2.75, 3.05) is 26.5 Å². The summed E-state index contributed by atoms with van der Waals surface area (Å²) in [7, 11) is 1.30. The minimum absolute atomic E-state index is 0.196. The summed E-state index contributed by atoms with van der Waals surface area (Å²) in [5.41, 5.74) is 0. The van der Waals surface area contributed by atoms with E-state index in [2.05, 4.69) is 10.3 Å². The van der Waals surface area contributed by atoms with Crippen molar-refractivity contribution in [3.8, 4) is 0 Å². The molecule has 7 heteroatoms. The van der Waals surface area contributed by atoms with Crippen LogP contribution in [-0.2, 0) is 14.8 Å². The molecule has 112 valence electrons. The smallest absolute Gasteiger partial charge is 0.244 e. The van der Waals surface area contributed by atoms with Gasteiger partial charge in [-0.2, -0.15) is 0 Å². The first-order valence-corrected chi connectivity index (χ1v) is 8.07. The summed E-state index contributed by atoms with van der Waals surface area (Å²) in [5.74, 6) is 0.677. The predicted octanol–water partition coefficient (Wildman–Crippen LogP) is 1.31. The number of aromatic nitrogens is 1. The molecule has 0 radical (unpaired) electrons. The van der Waals surface area contributed by atoms with Crippen LogP contribution in [0.1, 0.15) is 19.3 Å². The summed E-state index contributed by atoms with van der Waals surface area (Å²) in [6, 6.07) is 3.51. The number of nitrogens with zero attached hydrogens (tertiary/aromatic N) is 2. The van der Waals surface area contributed by atoms with E-state index in [1.165, 1.54) is 24.6 Å². The van der Waals surface area contributed by atoms with Gasteiger partial charge in [-0.15, -0.1) is 0 Å². The van der Waals surface area contributed by atoms with Gasteiger partial charge >= 0.3 is 0 Å². The van der Waals surface area contributed by atoms with Crippen LogP contribution >= 0.6 is 0 Å². The minimum Gasteiger partial charge on any atom is -0.379 e. The van der Waals surface area contributed by atoms with Crippen LogP contribution in [-0.4, -0.2) is 51.1 Å². The van der Waals surface area contributed by atoms with Crippen molar-refractivity contribution >= 4 is 15.8 Å². The molecule has 6 nitrogen and oxygen atoms in total. The lowest BCUT2D eigenvalue weighted by atomic mass is 10.2. The van der Waals surface area contributed by atoms with Gasteiger partial charge in [0.15, 0.2) is 0 Å². The van der Waals surface area contributed by atoms with E-state index in [1.807, 2.05) is 0 Å². The molecular weight excluding hydrogens is 278 g/mol. The summed E-state index contributed by atoms with van der Waals surface area (Å²) in [4.78, 5) is 4.38. The lowest BCUT2D eigenvalue weighted by molar-refractivity contribution is 0.101. The molecule has 1 fully saturated rings. The summed E-state index contributed by atoms with van der Waals surface area (Å²) in [6.07, 6.45) is 4.79. The van der Waals surface area contributed by atoms with Crippen molar-refractivity contribution < 1.29 is 13.2 Å². The molecule has 0 aliphatic heterocycles. The van der Waals surface area contributed by atoms with E-state index in [1.54, 1.807) is 19.2 Å². The molecule has 0 amide bonds. The molecular formula is C13H21N3O3S. The Balaban J connectivity index is 2.09. The van der Waals surface area contributed by atoms with Gasteiger partial charge in [0.1, 0.15) is 10.7 Å². The second kappa shape index (κ2) is 6.07. The molecule has 1 aromatic heterocycles. The highest BCUT2D eigenvalue weighted by molar-refractivity contribution is 7.89. The predicted molar refractivity (Wildman–Crippen MR) is 77.2 cm³/mol. The number of methoxy groups -OCH3 is 1. The van der Waals surface area contributed by atoms with Gasteiger partial charge in [0, 0.05) is 27.4 Å². The maximum Gasteiger partial charge on any atom is 0.244 e.